The molecule has 0 fully saturated rings. The molecule has 0 saturated heterocycles. The SMILES string of the molecule is CCC(CN)(COC)N(C)CCS(C)(=O)=O. The van der Waals surface area contributed by atoms with Crippen molar-refractivity contribution in [3.8, 4) is 0 Å². The van der Waals surface area contributed by atoms with Gasteiger partial charge >= 0.3 is 0 Å². The first-order chi connectivity index (χ1) is 7.31. The Morgan fingerprint density at radius 1 is 1.44 bits per heavy atom. The van der Waals surface area contributed by atoms with Gasteiger partial charge in [-0.2, -0.15) is 0 Å². The van der Waals surface area contributed by atoms with Gasteiger partial charge in [-0.25, -0.2) is 8.42 Å². The third-order valence-corrected chi connectivity index (χ3v) is 3.98. The van der Waals surface area contributed by atoms with E-state index in [0.717, 1.165) is 6.42 Å². The van der Waals surface area contributed by atoms with Crippen LogP contribution in [-0.2, 0) is 14.6 Å². The van der Waals surface area contributed by atoms with E-state index in [1.807, 2.05) is 18.9 Å². The van der Waals surface area contributed by atoms with Crippen molar-refractivity contribution in [2.45, 2.75) is 18.9 Å². The summed E-state index contributed by atoms with van der Waals surface area (Å²) in [6, 6.07) is 0. The van der Waals surface area contributed by atoms with Gasteiger partial charge < -0.3 is 10.5 Å². The molecule has 0 aromatic heterocycles. The zero-order valence-corrected chi connectivity index (χ0v) is 11.5. The molecule has 0 aromatic rings. The number of hydrogen-bond donors (Lipinski definition) is 1. The smallest absolute Gasteiger partial charge is 0.148 e. The first-order valence-corrected chi connectivity index (χ1v) is 7.45. The Morgan fingerprint density at radius 2 is 2.00 bits per heavy atom. The summed E-state index contributed by atoms with van der Waals surface area (Å²) in [6.07, 6.45) is 2.07. The first-order valence-electron chi connectivity index (χ1n) is 5.39. The van der Waals surface area contributed by atoms with Gasteiger partial charge in [0.25, 0.3) is 0 Å². The number of nitrogens with two attached hydrogens (primary N) is 1. The van der Waals surface area contributed by atoms with E-state index < -0.39 is 9.84 Å². The number of nitrogens with zero attached hydrogens (tertiary/aromatic N) is 1. The third kappa shape index (κ3) is 4.78. The Balaban J connectivity index is 4.55. The second-order valence-corrected chi connectivity index (χ2v) is 6.53. The monoisotopic (exact) mass is 252 g/mol. The number of hydrogen-bond acceptors (Lipinski definition) is 5. The molecule has 0 aliphatic rings. The average Bonchev–Trinajstić information content (AvgIpc) is 2.21. The highest BCUT2D eigenvalue weighted by atomic mass is 32.2. The Morgan fingerprint density at radius 3 is 2.31 bits per heavy atom. The molecule has 0 radical (unpaired) electrons. The highest BCUT2D eigenvalue weighted by Crippen LogP contribution is 2.17. The summed E-state index contributed by atoms with van der Waals surface area (Å²) in [6.45, 7) is 3.48. The van der Waals surface area contributed by atoms with E-state index in [0.29, 0.717) is 19.7 Å². The van der Waals surface area contributed by atoms with E-state index in [4.69, 9.17) is 10.5 Å². The number of methoxy groups -OCH3 is 1. The van der Waals surface area contributed by atoms with Gasteiger partial charge in [0.15, 0.2) is 0 Å². The topological polar surface area (TPSA) is 72.6 Å². The van der Waals surface area contributed by atoms with Crippen LogP contribution in [0, 0.1) is 0 Å². The van der Waals surface area contributed by atoms with Crippen molar-refractivity contribution in [3.05, 3.63) is 0 Å². The number of likely N-dealkylation sites (N-methyl/N-ethyl adjacent to an activating group) is 1. The van der Waals surface area contributed by atoms with Crippen LogP contribution in [-0.4, -0.2) is 64.7 Å². The molecule has 0 rings (SSSR count). The van der Waals surface area contributed by atoms with Gasteiger partial charge in [0.05, 0.1) is 17.9 Å². The minimum absolute atomic E-state index is 0.148. The van der Waals surface area contributed by atoms with Crippen LogP contribution in [0.15, 0.2) is 0 Å². The van der Waals surface area contributed by atoms with E-state index in [1.165, 1.54) is 6.26 Å². The maximum absolute atomic E-state index is 11.1. The summed E-state index contributed by atoms with van der Waals surface area (Å²) in [5.74, 6) is 0.148. The molecular weight excluding hydrogens is 228 g/mol. The van der Waals surface area contributed by atoms with Gasteiger partial charge in [-0.05, 0) is 13.5 Å². The van der Waals surface area contributed by atoms with Crippen LogP contribution in [0.2, 0.25) is 0 Å². The lowest BCUT2D eigenvalue weighted by Crippen LogP contribution is -2.55. The zero-order chi connectivity index (χ0) is 12.8. The van der Waals surface area contributed by atoms with Crippen LogP contribution >= 0.6 is 0 Å². The molecule has 2 N–H and O–H groups in total. The predicted octanol–water partition coefficient (Wildman–Crippen LogP) is -0.283. The van der Waals surface area contributed by atoms with Gasteiger partial charge in [-0.15, -0.1) is 0 Å². The van der Waals surface area contributed by atoms with Gasteiger partial charge in [-0.1, -0.05) is 6.92 Å². The summed E-state index contributed by atoms with van der Waals surface area (Å²) in [5.41, 5.74) is 5.51. The van der Waals surface area contributed by atoms with Crippen molar-refractivity contribution >= 4 is 9.84 Å². The summed E-state index contributed by atoms with van der Waals surface area (Å²) in [7, 11) is 0.585. The van der Waals surface area contributed by atoms with E-state index in [2.05, 4.69) is 0 Å². The van der Waals surface area contributed by atoms with Gasteiger partial charge in [-0.3, -0.25) is 4.90 Å². The fraction of sp³-hybridized carbons (Fsp3) is 1.00. The average molecular weight is 252 g/mol. The third-order valence-electron chi connectivity index (χ3n) is 3.06. The molecule has 1 unspecified atom stereocenters. The molecule has 0 amide bonds. The van der Waals surface area contributed by atoms with E-state index in [1.54, 1.807) is 7.11 Å². The van der Waals surface area contributed by atoms with E-state index in [-0.39, 0.29) is 11.3 Å². The molecule has 0 heterocycles. The minimum Gasteiger partial charge on any atom is -0.383 e. The minimum atomic E-state index is -2.93. The maximum Gasteiger partial charge on any atom is 0.148 e. The van der Waals surface area contributed by atoms with Crippen molar-refractivity contribution in [1.29, 1.82) is 0 Å². The van der Waals surface area contributed by atoms with E-state index >= 15 is 0 Å². The normalized spacial score (nSPS) is 16.4. The second-order valence-electron chi connectivity index (χ2n) is 4.27. The van der Waals surface area contributed by atoms with Crippen LogP contribution in [0.3, 0.4) is 0 Å². The Hall–Kier alpha value is -0.170. The second kappa shape index (κ2) is 6.54. The first kappa shape index (κ1) is 15.8. The van der Waals surface area contributed by atoms with Crippen LogP contribution in [0.4, 0.5) is 0 Å². The molecule has 16 heavy (non-hydrogen) atoms. The number of rotatable bonds is 8. The fourth-order valence-electron chi connectivity index (χ4n) is 1.65. The Kier molecular flexibility index (Phi) is 6.47. The van der Waals surface area contributed by atoms with Crippen molar-refractivity contribution in [2.24, 2.45) is 5.73 Å². The molecule has 5 nitrogen and oxygen atoms in total. The molecule has 0 aliphatic heterocycles. The van der Waals surface area contributed by atoms with E-state index in [9.17, 15) is 8.42 Å². The highest BCUT2D eigenvalue weighted by Gasteiger charge is 2.31. The van der Waals surface area contributed by atoms with Crippen LogP contribution in [0.25, 0.3) is 0 Å². The lowest BCUT2D eigenvalue weighted by Gasteiger charge is -2.40. The quantitative estimate of drug-likeness (QED) is 0.643. The molecule has 0 aliphatic carbocycles. The molecule has 98 valence electrons. The summed E-state index contributed by atoms with van der Waals surface area (Å²) >= 11 is 0. The summed E-state index contributed by atoms with van der Waals surface area (Å²) < 4.78 is 27.4. The van der Waals surface area contributed by atoms with Gasteiger partial charge in [0, 0.05) is 26.5 Å². The molecule has 0 spiro atoms. The van der Waals surface area contributed by atoms with Crippen molar-refractivity contribution in [3.63, 3.8) is 0 Å². The number of ether oxygens (including phenoxy) is 1. The zero-order valence-electron chi connectivity index (χ0n) is 10.7. The molecular formula is C10H24N2O3S. The molecule has 0 bridgehead atoms. The van der Waals surface area contributed by atoms with Crippen molar-refractivity contribution in [2.75, 3.05) is 45.9 Å². The van der Waals surface area contributed by atoms with Crippen LogP contribution < -0.4 is 5.73 Å². The molecule has 0 aromatic carbocycles. The van der Waals surface area contributed by atoms with Crippen molar-refractivity contribution < 1.29 is 13.2 Å². The molecule has 1 atom stereocenters. The van der Waals surface area contributed by atoms with Crippen molar-refractivity contribution in [1.82, 2.24) is 4.90 Å². The van der Waals surface area contributed by atoms with Gasteiger partial charge in [0.2, 0.25) is 0 Å². The van der Waals surface area contributed by atoms with Crippen LogP contribution in [0.1, 0.15) is 13.3 Å². The predicted molar refractivity (Wildman–Crippen MR) is 66.3 cm³/mol. The van der Waals surface area contributed by atoms with Gasteiger partial charge in [0.1, 0.15) is 9.84 Å². The lowest BCUT2D eigenvalue weighted by atomic mass is 9.95. The maximum atomic E-state index is 11.1. The Labute approximate surface area is 98.9 Å². The fourth-order valence-corrected chi connectivity index (χ4v) is 2.26. The largest absolute Gasteiger partial charge is 0.383 e. The molecule has 0 saturated carbocycles. The molecule has 6 heteroatoms. The Bertz CT molecular complexity index is 286. The number of sulfone groups is 1. The summed E-state index contributed by atoms with van der Waals surface area (Å²) in [5, 5.41) is 0. The highest BCUT2D eigenvalue weighted by molar-refractivity contribution is 7.90. The summed E-state index contributed by atoms with van der Waals surface area (Å²) in [4.78, 5) is 1.98. The van der Waals surface area contributed by atoms with Crippen LogP contribution in [0.5, 0.6) is 0 Å². The lowest BCUT2D eigenvalue weighted by molar-refractivity contribution is 0.0316. The standard InChI is InChI=1S/C10H24N2O3S/c1-5-10(8-11,9-15-3)12(2)6-7-16(4,13)14/h5-9,11H2,1-4H3.